The third-order valence-electron chi connectivity index (χ3n) is 4.08. The fourth-order valence-electron chi connectivity index (χ4n) is 2.81. The lowest BCUT2D eigenvalue weighted by Crippen LogP contribution is -2.37. The van der Waals surface area contributed by atoms with Crippen molar-refractivity contribution in [2.45, 2.75) is 12.5 Å². The van der Waals surface area contributed by atoms with Gasteiger partial charge in [0, 0.05) is 32.2 Å². The van der Waals surface area contributed by atoms with E-state index >= 15 is 0 Å². The molecule has 0 radical (unpaired) electrons. The molecule has 0 aliphatic carbocycles. The molecule has 0 bridgehead atoms. The largest absolute Gasteiger partial charge is 0.451 e. The minimum Gasteiger partial charge on any atom is -0.451 e. The lowest BCUT2D eigenvalue weighted by Gasteiger charge is -2.16. The Labute approximate surface area is 150 Å². The Bertz CT molecular complexity index is 774. The van der Waals surface area contributed by atoms with Crippen LogP contribution >= 0.6 is 11.6 Å². The van der Waals surface area contributed by atoms with Gasteiger partial charge in [0.15, 0.2) is 5.76 Å². The van der Waals surface area contributed by atoms with Gasteiger partial charge in [-0.1, -0.05) is 23.7 Å². The second kappa shape index (κ2) is 7.72. The predicted octanol–water partition coefficient (Wildman–Crippen LogP) is 2.58. The number of nitrogens with one attached hydrogen (secondary N) is 1. The standard InChI is InChI=1S/C18H19ClN2O4/c1-24-9-8-21-11-12(10-17(21)22)20-18(23)16-7-6-15(25-16)13-4-2-3-5-14(13)19/h2-7,12H,8-11H2,1H3,(H,20,23)/t12-/m1/s1. The number of ether oxygens (including phenoxy) is 1. The van der Waals surface area contributed by atoms with Crippen LogP contribution in [0.3, 0.4) is 0 Å². The molecular weight excluding hydrogens is 344 g/mol. The van der Waals surface area contributed by atoms with Crippen LogP contribution in [0.5, 0.6) is 0 Å². The number of carbonyl (C=O) groups is 2. The first-order valence-electron chi connectivity index (χ1n) is 8.01. The number of nitrogens with zero attached hydrogens (tertiary/aromatic N) is 1. The van der Waals surface area contributed by atoms with Crippen LogP contribution in [0.25, 0.3) is 11.3 Å². The van der Waals surface area contributed by atoms with Crippen LogP contribution in [0, 0.1) is 0 Å². The zero-order valence-corrected chi connectivity index (χ0v) is 14.6. The first kappa shape index (κ1) is 17.5. The maximum atomic E-state index is 12.4. The van der Waals surface area contributed by atoms with E-state index in [0.717, 1.165) is 5.56 Å². The average Bonchev–Trinajstić information content (AvgIpc) is 3.20. The Kier molecular flexibility index (Phi) is 5.40. The summed E-state index contributed by atoms with van der Waals surface area (Å²) in [6, 6.07) is 10.3. The molecule has 1 N–H and O–H groups in total. The number of amides is 2. The van der Waals surface area contributed by atoms with Crippen LogP contribution in [-0.2, 0) is 9.53 Å². The molecule has 0 saturated carbocycles. The van der Waals surface area contributed by atoms with E-state index in [-0.39, 0.29) is 30.0 Å². The van der Waals surface area contributed by atoms with Gasteiger partial charge in [-0.2, -0.15) is 0 Å². The van der Waals surface area contributed by atoms with Gasteiger partial charge in [-0.15, -0.1) is 0 Å². The number of rotatable bonds is 6. The SMILES string of the molecule is COCCN1C[C@H](NC(=O)c2ccc(-c3ccccc3Cl)o2)CC1=O. The molecule has 3 rings (SSSR count). The van der Waals surface area contributed by atoms with E-state index in [1.54, 1.807) is 30.2 Å². The molecule has 1 aliphatic heterocycles. The average molecular weight is 363 g/mol. The van der Waals surface area contributed by atoms with Gasteiger partial charge >= 0.3 is 0 Å². The van der Waals surface area contributed by atoms with Gasteiger partial charge in [0.05, 0.1) is 17.7 Å². The molecule has 1 aromatic heterocycles. The molecule has 1 aromatic carbocycles. The van der Waals surface area contributed by atoms with Crippen LogP contribution in [0.2, 0.25) is 5.02 Å². The number of halogens is 1. The Balaban J connectivity index is 1.63. The molecule has 0 spiro atoms. The molecule has 132 valence electrons. The van der Waals surface area contributed by atoms with Crippen molar-refractivity contribution in [1.82, 2.24) is 10.2 Å². The number of hydrogen-bond acceptors (Lipinski definition) is 4. The highest BCUT2D eigenvalue weighted by atomic mass is 35.5. The zero-order valence-electron chi connectivity index (χ0n) is 13.8. The number of carbonyl (C=O) groups excluding carboxylic acids is 2. The highest BCUT2D eigenvalue weighted by Gasteiger charge is 2.31. The van der Waals surface area contributed by atoms with Crippen molar-refractivity contribution in [1.29, 1.82) is 0 Å². The van der Waals surface area contributed by atoms with Crippen molar-refractivity contribution in [3.63, 3.8) is 0 Å². The van der Waals surface area contributed by atoms with Crippen molar-refractivity contribution < 1.29 is 18.7 Å². The topological polar surface area (TPSA) is 71.8 Å². The molecule has 1 atom stereocenters. The predicted molar refractivity (Wildman–Crippen MR) is 93.5 cm³/mol. The molecule has 2 amide bonds. The lowest BCUT2D eigenvalue weighted by atomic mass is 10.2. The van der Waals surface area contributed by atoms with Crippen molar-refractivity contribution in [2.75, 3.05) is 26.8 Å². The summed E-state index contributed by atoms with van der Waals surface area (Å²) in [5.41, 5.74) is 0.727. The van der Waals surface area contributed by atoms with Gasteiger partial charge < -0.3 is 19.4 Å². The van der Waals surface area contributed by atoms with Crippen LogP contribution in [-0.4, -0.2) is 49.6 Å². The molecule has 1 fully saturated rings. The summed E-state index contributed by atoms with van der Waals surface area (Å²) >= 11 is 6.15. The third kappa shape index (κ3) is 4.03. The summed E-state index contributed by atoms with van der Waals surface area (Å²) in [6.07, 6.45) is 0.285. The van der Waals surface area contributed by atoms with Gasteiger partial charge in [-0.05, 0) is 24.3 Å². The normalized spacial score (nSPS) is 17.1. The third-order valence-corrected chi connectivity index (χ3v) is 4.41. The molecule has 7 heteroatoms. The zero-order chi connectivity index (χ0) is 17.8. The van der Waals surface area contributed by atoms with Crippen LogP contribution in [0.15, 0.2) is 40.8 Å². The van der Waals surface area contributed by atoms with E-state index in [1.807, 2.05) is 18.2 Å². The van der Waals surface area contributed by atoms with Gasteiger partial charge in [-0.3, -0.25) is 9.59 Å². The van der Waals surface area contributed by atoms with Crippen molar-refractivity contribution in [3.8, 4) is 11.3 Å². The van der Waals surface area contributed by atoms with E-state index in [9.17, 15) is 9.59 Å². The minimum absolute atomic E-state index is 0.0125. The summed E-state index contributed by atoms with van der Waals surface area (Å²) < 4.78 is 10.6. The molecule has 2 heterocycles. The Hall–Kier alpha value is -2.31. The summed E-state index contributed by atoms with van der Waals surface area (Å²) in [5.74, 6) is 0.390. The summed E-state index contributed by atoms with van der Waals surface area (Å²) in [6.45, 7) is 1.48. The van der Waals surface area contributed by atoms with E-state index in [1.165, 1.54) is 0 Å². The molecular formula is C18H19ClN2O4. The monoisotopic (exact) mass is 362 g/mol. The second-order valence-electron chi connectivity index (χ2n) is 5.85. The van der Waals surface area contributed by atoms with E-state index in [2.05, 4.69) is 5.32 Å². The molecule has 6 nitrogen and oxygen atoms in total. The molecule has 1 aliphatic rings. The van der Waals surface area contributed by atoms with Gasteiger partial charge in [0.2, 0.25) is 5.91 Å². The Morgan fingerprint density at radius 1 is 1.36 bits per heavy atom. The molecule has 1 saturated heterocycles. The maximum Gasteiger partial charge on any atom is 0.287 e. The molecule has 25 heavy (non-hydrogen) atoms. The van der Waals surface area contributed by atoms with Crippen molar-refractivity contribution >= 4 is 23.4 Å². The Morgan fingerprint density at radius 3 is 2.92 bits per heavy atom. The van der Waals surface area contributed by atoms with Gasteiger partial charge in [-0.25, -0.2) is 0 Å². The maximum absolute atomic E-state index is 12.4. The van der Waals surface area contributed by atoms with Crippen LogP contribution in [0.1, 0.15) is 17.0 Å². The van der Waals surface area contributed by atoms with E-state index in [0.29, 0.717) is 30.5 Å². The number of benzene rings is 1. The summed E-state index contributed by atoms with van der Waals surface area (Å²) in [4.78, 5) is 26.0. The van der Waals surface area contributed by atoms with Gasteiger partial charge in [0.1, 0.15) is 5.76 Å². The highest BCUT2D eigenvalue weighted by molar-refractivity contribution is 6.33. The quantitative estimate of drug-likeness (QED) is 0.857. The molecule has 0 unspecified atom stereocenters. The van der Waals surface area contributed by atoms with E-state index in [4.69, 9.17) is 20.8 Å². The second-order valence-corrected chi connectivity index (χ2v) is 6.26. The fraction of sp³-hybridized carbons (Fsp3) is 0.333. The van der Waals surface area contributed by atoms with E-state index < -0.39 is 0 Å². The Morgan fingerprint density at radius 2 is 2.16 bits per heavy atom. The fourth-order valence-corrected chi connectivity index (χ4v) is 3.04. The number of likely N-dealkylation sites (tertiary alicyclic amines) is 1. The van der Waals surface area contributed by atoms with Crippen LogP contribution in [0.4, 0.5) is 0 Å². The summed E-state index contributed by atoms with van der Waals surface area (Å²) in [5, 5.41) is 3.40. The highest BCUT2D eigenvalue weighted by Crippen LogP contribution is 2.29. The smallest absolute Gasteiger partial charge is 0.287 e. The van der Waals surface area contributed by atoms with Gasteiger partial charge in [0.25, 0.3) is 5.91 Å². The first-order valence-corrected chi connectivity index (χ1v) is 8.38. The number of furan rings is 1. The van der Waals surface area contributed by atoms with Crippen molar-refractivity contribution in [3.05, 3.63) is 47.2 Å². The number of methoxy groups -OCH3 is 1. The number of hydrogen-bond donors (Lipinski definition) is 1. The minimum atomic E-state index is -0.343. The molecule has 2 aromatic rings. The van der Waals surface area contributed by atoms with Crippen LogP contribution < -0.4 is 5.32 Å². The first-order chi connectivity index (χ1) is 12.1. The van der Waals surface area contributed by atoms with Crippen molar-refractivity contribution in [2.24, 2.45) is 0 Å². The lowest BCUT2D eigenvalue weighted by molar-refractivity contribution is -0.128. The summed E-state index contributed by atoms with van der Waals surface area (Å²) in [7, 11) is 1.59.